The van der Waals surface area contributed by atoms with Crippen molar-refractivity contribution in [1.82, 2.24) is 4.90 Å². The summed E-state index contributed by atoms with van der Waals surface area (Å²) < 4.78 is 11.3. The minimum atomic E-state index is -1.27. The van der Waals surface area contributed by atoms with Crippen LogP contribution in [0.1, 0.15) is 27.9 Å². The zero-order valence-electron chi connectivity index (χ0n) is 15.2. The van der Waals surface area contributed by atoms with Crippen molar-refractivity contribution in [2.75, 3.05) is 19.8 Å². The van der Waals surface area contributed by atoms with Gasteiger partial charge in [0.2, 0.25) is 0 Å². The Labute approximate surface area is 171 Å². The third-order valence-corrected chi connectivity index (χ3v) is 4.88. The van der Waals surface area contributed by atoms with E-state index in [-0.39, 0.29) is 11.1 Å². The van der Waals surface area contributed by atoms with Crippen LogP contribution in [-0.4, -0.2) is 47.5 Å². The molecule has 2 aromatic rings. The smallest absolute Gasteiger partial charge is 0.323 e. The van der Waals surface area contributed by atoms with Crippen molar-refractivity contribution in [3.8, 4) is 11.5 Å². The molecule has 0 fully saturated rings. The van der Waals surface area contributed by atoms with Crippen molar-refractivity contribution in [3.05, 3.63) is 58.1 Å². The number of carbonyl (C=O) groups is 3. The molecule has 0 radical (unpaired) electrons. The number of halogens is 1. The van der Waals surface area contributed by atoms with E-state index in [0.717, 1.165) is 11.3 Å². The van der Waals surface area contributed by atoms with Crippen molar-refractivity contribution in [2.24, 2.45) is 0 Å². The Bertz CT molecular complexity index is 1060. The average Bonchev–Trinajstić information content (AvgIpc) is 2.94. The van der Waals surface area contributed by atoms with Gasteiger partial charge in [0.1, 0.15) is 6.54 Å². The second-order valence-corrected chi connectivity index (χ2v) is 6.98. The second-order valence-electron chi connectivity index (χ2n) is 6.57. The van der Waals surface area contributed by atoms with Crippen LogP contribution >= 0.6 is 11.6 Å². The number of imide groups is 1. The molecule has 2 amide bonds. The predicted molar refractivity (Wildman–Crippen MR) is 105 cm³/mol. The molecule has 2 aliphatic heterocycles. The fourth-order valence-electron chi connectivity index (χ4n) is 3.32. The minimum Gasteiger partial charge on any atom is -0.489 e. The van der Waals surface area contributed by atoms with Gasteiger partial charge < -0.3 is 14.6 Å². The van der Waals surface area contributed by atoms with E-state index >= 15 is 0 Å². The molecule has 29 heavy (non-hydrogen) atoms. The van der Waals surface area contributed by atoms with Crippen molar-refractivity contribution < 1.29 is 29.0 Å². The zero-order valence-corrected chi connectivity index (χ0v) is 15.9. The number of carboxylic acids is 1. The molecular formula is C21H16ClNO6. The maximum atomic E-state index is 13.0. The number of carboxylic acid groups (broad SMARTS) is 1. The molecule has 0 saturated carbocycles. The van der Waals surface area contributed by atoms with Crippen molar-refractivity contribution >= 4 is 41.0 Å². The molecule has 148 valence electrons. The van der Waals surface area contributed by atoms with E-state index in [4.69, 9.17) is 26.2 Å². The van der Waals surface area contributed by atoms with E-state index in [2.05, 4.69) is 0 Å². The highest BCUT2D eigenvalue weighted by Gasteiger charge is 2.35. The number of benzene rings is 2. The predicted octanol–water partition coefficient (Wildman–Crippen LogP) is 3.11. The van der Waals surface area contributed by atoms with Gasteiger partial charge in [0.15, 0.2) is 11.5 Å². The molecule has 0 aromatic heterocycles. The van der Waals surface area contributed by atoms with Crippen LogP contribution in [0.25, 0.3) is 11.6 Å². The third-order valence-electron chi connectivity index (χ3n) is 4.60. The molecule has 0 saturated heterocycles. The van der Waals surface area contributed by atoms with Crippen LogP contribution in [0.2, 0.25) is 5.02 Å². The standard InChI is InChI=1S/C21H16ClNO6/c22-16-9-12(10-17-19(16)29-7-3-6-28-17)8-15-13-4-1-2-5-14(13)20(26)23(21(15)27)11-18(24)25/h1-2,4-5,8-10H,3,6-7,11H2,(H,24,25)/b15-8+. The number of hydrogen-bond donors (Lipinski definition) is 1. The minimum absolute atomic E-state index is 0.201. The van der Waals surface area contributed by atoms with Gasteiger partial charge in [0.05, 0.1) is 18.2 Å². The lowest BCUT2D eigenvalue weighted by atomic mass is 9.92. The number of ether oxygens (including phenoxy) is 2. The van der Waals surface area contributed by atoms with Crippen LogP contribution in [0, 0.1) is 0 Å². The zero-order chi connectivity index (χ0) is 20.5. The van der Waals surface area contributed by atoms with Crippen molar-refractivity contribution in [3.63, 3.8) is 0 Å². The van der Waals surface area contributed by atoms with Crippen LogP contribution < -0.4 is 9.47 Å². The van der Waals surface area contributed by atoms with Gasteiger partial charge in [0.25, 0.3) is 11.8 Å². The normalized spacial score (nSPS) is 17.1. The second kappa shape index (κ2) is 7.60. The molecule has 0 aliphatic carbocycles. The molecule has 2 aromatic carbocycles. The highest BCUT2D eigenvalue weighted by Crippen LogP contribution is 2.39. The molecule has 0 spiro atoms. The highest BCUT2D eigenvalue weighted by atomic mass is 35.5. The molecule has 0 bridgehead atoms. The van der Waals surface area contributed by atoms with E-state index in [1.54, 1.807) is 42.5 Å². The molecule has 2 aliphatic rings. The van der Waals surface area contributed by atoms with Crippen LogP contribution in [0.4, 0.5) is 0 Å². The molecule has 2 heterocycles. The van der Waals surface area contributed by atoms with Gasteiger partial charge >= 0.3 is 5.97 Å². The maximum absolute atomic E-state index is 13.0. The van der Waals surface area contributed by atoms with Crippen molar-refractivity contribution in [1.29, 1.82) is 0 Å². The van der Waals surface area contributed by atoms with Gasteiger partial charge in [-0.05, 0) is 35.4 Å². The van der Waals surface area contributed by atoms with Crippen molar-refractivity contribution in [2.45, 2.75) is 6.42 Å². The van der Waals surface area contributed by atoms with E-state index in [9.17, 15) is 14.4 Å². The fraction of sp³-hybridized carbons (Fsp3) is 0.190. The summed E-state index contributed by atoms with van der Waals surface area (Å²) >= 11 is 6.33. The maximum Gasteiger partial charge on any atom is 0.323 e. The van der Waals surface area contributed by atoms with Crippen LogP contribution in [0.5, 0.6) is 11.5 Å². The van der Waals surface area contributed by atoms with Crippen LogP contribution in [0.15, 0.2) is 36.4 Å². The summed E-state index contributed by atoms with van der Waals surface area (Å²) in [6.07, 6.45) is 2.29. The molecule has 7 nitrogen and oxygen atoms in total. The molecular weight excluding hydrogens is 398 g/mol. The summed E-state index contributed by atoms with van der Waals surface area (Å²) in [6, 6.07) is 9.92. The Morgan fingerprint density at radius 2 is 1.83 bits per heavy atom. The van der Waals surface area contributed by atoms with Gasteiger partial charge in [-0.3, -0.25) is 19.3 Å². The number of amides is 2. The lowest BCUT2D eigenvalue weighted by molar-refractivity contribution is -0.141. The third kappa shape index (κ3) is 3.56. The lowest BCUT2D eigenvalue weighted by Crippen LogP contribution is -2.44. The van der Waals surface area contributed by atoms with Gasteiger partial charge in [-0.1, -0.05) is 29.8 Å². The Kier molecular flexibility index (Phi) is 4.98. The summed E-state index contributed by atoms with van der Waals surface area (Å²) in [5.41, 5.74) is 1.47. The Hall–Kier alpha value is -3.32. The van der Waals surface area contributed by atoms with E-state index in [1.165, 1.54) is 0 Å². The van der Waals surface area contributed by atoms with Gasteiger partial charge in [0, 0.05) is 17.6 Å². The summed E-state index contributed by atoms with van der Waals surface area (Å²) in [5.74, 6) is -1.67. The largest absolute Gasteiger partial charge is 0.489 e. The van der Waals surface area contributed by atoms with E-state index in [1.807, 2.05) is 0 Å². The first-order valence-corrected chi connectivity index (χ1v) is 9.31. The number of nitrogens with zero attached hydrogens (tertiary/aromatic N) is 1. The fourth-order valence-corrected chi connectivity index (χ4v) is 3.60. The molecule has 8 heteroatoms. The molecule has 0 unspecified atom stereocenters. The number of hydrogen-bond acceptors (Lipinski definition) is 5. The van der Waals surface area contributed by atoms with Gasteiger partial charge in [-0.2, -0.15) is 0 Å². The average molecular weight is 414 g/mol. The SMILES string of the molecule is O=C(O)CN1C(=O)/C(=C/c2cc(Cl)c3c(c2)OCCCO3)c2ccccc2C1=O. The number of carbonyl (C=O) groups excluding carboxylic acids is 2. The Balaban J connectivity index is 1.83. The van der Waals surface area contributed by atoms with Gasteiger partial charge in [-0.15, -0.1) is 0 Å². The number of rotatable bonds is 3. The first kappa shape index (κ1) is 19.0. The van der Waals surface area contributed by atoms with E-state index in [0.29, 0.717) is 40.9 Å². The topological polar surface area (TPSA) is 93.1 Å². The quantitative estimate of drug-likeness (QED) is 0.614. The molecule has 1 N–H and O–H groups in total. The lowest BCUT2D eigenvalue weighted by Gasteiger charge is -2.27. The summed E-state index contributed by atoms with van der Waals surface area (Å²) in [4.78, 5) is 37.4. The Morgan fingerprint density at radius 1 is 1.10 bits per heavy atom. The van der Waals surface area contributed by atoms with Crippen LogP contribution in [0.3, 0.4) is 0 Å². The number of fused-ring (bicyclic) bond motifs is 2. The first-order valence-electron chi connectivity index (χ1n) is 8.94. The molecule has 0 atom stereocenters. The highest BCUT2D eigenvalue weighted by molar-refractivity contribution is 6.35. The molecule has 4 rings (SSSR count). The summed E-state index contributed by atoms with van der Waals surface area (Å²) in [7, 11) is 0. The van der Waals surface area contributed by atoms with E-state index < -0.39 is 24.3 Å². The van der Waals surface area contributed by atoms with Gasteiger partial charge in [-0.25, -0.2) is 0 Å². The first-order chi connectivity index (χ1) is 14.0. The summed E-state index contributed by atoms with van der Waals surface area (Å²) in [6.45, 7) is 0.253. The Morgan fingerprint density at radius 3 is 2.59 bits per heavy atom. The summed E-state index contributed by atoms with van der Waals surface area (Å²) in [5, 5.41) is 9.45. The van der Waals surface area contributed by atoms with Crippen LogP contribution in [-0.2, 0) is 9.59 Å². The number of aliphatic carboxylic acids is 1. The monoisotopic (exact) mass is 413 g/mol.